The fourth-order valence-electron chi connectivity index (χ4n) is 2.21. The van der Waals surface area contributed by atoms with E-state index in [1.54, 1.807) is 0 Å². The van der Waals surface area contributed by atoms with Crippen molar-refractivity contribution in [2.75, 3.05) is 32.8 Å². The maximum absolute atomic E-state index is 11.8. The smallest absolute Gasteiger partial charge is 0.310 e. The molecule has 0 radical (unpaired) electrons. The summed E-state index contributed by atoms with van der Waals surface area (Å²) in [5.41, 5.74) is 0.992. The van der Waals surface area contributed by atoms with Gasteiger partial charge in [0.25, 0.3) is 0 Å². The van der Waals surface area contributed by atoms with E-state index in [0.717, 1.165) is 38.4 Å². The first-order valence-corrected chi connectivity index (χ1v) is 6.77. The lowest BCUT2D eigenvalue weighted by Crippen LogP contribution is -2.41. The number of benzene rings is 1. The summed E-state index contributed by atoms with van der Waals surface area (Å²) in [6.07, 6.45) is 0.267. The van der Waals surface area contributed by atoms with E-state index in [2.05, 4.69) is 4.90 Å². The number of carbonyl (C=O) groups is 1. The molecule has 1 aromatic carbocycles. The van der Waals surface area contributed by atoms with Crippen molar-refractivity contribution < 1.29 is 14.3 Å². The van der Waals surface area contributed by atoms with Gasteiger partial charge in [-0.1, -0.05) is 30.3 Å². The summed E-state index contributed by atoms with van der Waals surface area (Å²) in [5.74, 6) is -0.160. The highest BCUT2D eigenvalue weighted by Gasteiger charge is 2.16. The number of hydrogen-bond acceptors (Lipinski definition) is 4. The van der Waals surface area contributed by atoms with Gasteiger partial charge in [-0.3, -0.25) is 9.69 Å². The topological polar surface area (TPSA) is 38.8 Å². The van der Waals surface area contributed by atoms with Crippen molar-refractivity contribution in [1.29, 1.82) is 0 Å². The van der Waals surface area contributed by atoms with E-state index < -0.39 is 0 Å². The van der Waals surface area contributed by atoms with Crippen LogP contribution in [-0.2, 0) is 20.7 Å². The van der Waals surface area contributed by atoms with E-state index in [1.165, 1.54) is 0 Å². The Morgan fingerprint density at radius 3 is 2.68 bits per heavy atom. The van der Waals surface area contributed by atoms with Gasteiger partial charge >= 0.3 is 5.97 Å². The summed E-state index contributed by atoms with van der Waals surface area (Å²) in [5, 5.41) is 0. The third-order valence-corrected chi connectivity index (χ3v) is 3.14. The van der Waals surface area contributed by atoms with Crippen LogP contribution in [0.1, 0.15) is 12.5 Å². The average Bonchev–Trinajstić information content (AvgIpc) is 2.40. The molecular weight excluding hydrogens is 242 g/mol. The highest BCUT2D eigenvalue weighted by molar-refractivity contribution is 5.72. The molecule has 1 aliphatic rings. The van der Waals surface area contributed by atoms with Gasteiger partial charge in [-0.2, -0.15) is 0 Å². The van der Waals surface area contributed by atoms with Crippen molar-refractivity contribution in [2.45, 2.75) is 19.4 Å². The molecule has 0 saturated carbocycles. The average molecular weight is 263 g/mol. The molecule has 0 spiro atoms. The molecule has 2 rings (SSSR count). The van der Waals surface area contributed by atoms with Gasteiger partial charge < -0.3 is 9.47 Å². The normalized spacial score (nSPS) is 17.9. The molecule has 1 fully saturated rings. The van der Waals surface area contributed by atoms with Crippen LogP contribution in [0.5, 0.6) is 0 Å². The van der Waals surface area contributed by atoms with E-state index in [9.17, 15) is 4.79 Å². The second kappa shape index (κ2) is 7.26. The first kappa shape index (κ1) is 14.0. The number of esters is 1. The van der Waals surface area contributed by atoms with E-state index in [1.807, 2.05) is 37.3 Å². The molecule has 19 heavy (non-hydrogen) atoms. The summed E-state index contributed by atoms with van der Waals surface area (Å²) in [6, 6.07) is 9.68. The zero-order valence-electron chi connectivity index (χ0n) is 11.4. The monoisotopic (exact) mass is 263 g/mol. The van der Waals surface area contributed by atoms with Crippen LogP contribution in [-0.4, -0.2) is 49.8 Å². The third kappa shape index (κ3) is 5.01. The van der Waals surface area contributed by atoms with Crippen molar-refractivity contribution in [3.8, 4) is 0 Å². The fraction of sp³-hybridized carbons (Fsp3) is 0.533. The van der Waals surface area contributed by atoms with Crippen LogP contribution >= 0.6 is 0 Å². The Bertz CT molecular complexity index is 388. The summed E-state index contributed by atoms with van der Waals surface area (Å²) in [6.45, 7) is 6.10. The molecule has 0 unspecified atom stereocenters. The molecule has 0 N–H and O–H groups in total. The Morgan fingerprint density at radius 2 is 2.00 bits per heavy atom. The Balaban J connectivity index is 1.72. The lowest BCUT2D eigenvalue weighted by atomic mass is 10.1. The number of hydrogen-bond donors (Lipinski definition) is 0. The second-order valence-electron chi connectivity index (χ2n) is 4.88. The van der Waals surface area contributed by atoms with Crippen molar-refractivity contribution in [1.82, 2.24) is 4.90 Å². The number of rotatable bonds is 5. The first-order chi connectivity index (χ1) is 9.24. The Kier molecular flexibility index (Phi) is 5.36. The fourth-order valence-corrected chi connectivity index (χ4v) is 2.21. The molecule has 0 amide bonds. The molecule has 1 atom stereocenters. The molecule has 0 aliphatic carbocycles. The third-order valence-electron chi connectivity index (χ3n) is 3.14. The standard InChI is InChI=1S/C15H21NO3/c1-13(12-16-7-9-18-10-8-16)19-15(17)11-14-5-3-2-4-6-14/h2-6,13H,7-12H2,1H3/t13-/m0/s1. The molecule has 1 aliphatic heterocycles. The maximum atomic E-state index is 11.8. The van der Waals surface area contributed by atoms with Crippen LogP contribution in [0.15, 0.2) is 30.3 Å². The molecule has 4 heteroatoms. The summed E-state index contributed by atoms with van der Waals surface area (Å²) >= 11 is 0. The summed E-state index contributed by atoms with van der Waals surface area (Å²) in [7, 11) is 0. The van der Waals surface area contributed by atoms with Gasteiger partial charge in [0.15, 0.2) is 0 Å². The highest BCUT2D eigenvalue weighted by Crippen LogP contribution is 2.05. The molecule has 0 aromatic heterocycles. The summed E-state index contributed by atoms with van der Waals surface area (Å²) in [4.78, 5) is 14.1. The number of nitrogens with zero attached hydrogens (tertiary/aromatic N) is 1. The van der Waals surface area contributed by atoms with Crippen LogP contribution < -0.4 is 0 Å². The van der Waals surface area contributed by atoms with Gasteiger partial charge in [0.05, 0.1) is 19.6 Å². The second-order valence-corrected chi connectivity index (χ2v) is 4.88. The maximum Gasteiger partial charge on any atom is 0.310 e. The molecule has 0 bridgehead atoms. The van der Waals surface area contributed by atoms with Gasteiger partial charge in [-0.15, -0.1) is 0 Å². The minimum atomic E-state index is -0.160. The number of ether oxygens (including phenoxy) is 2. The lowest BCUT2D eigenvalue weighted by molar-refractivity contribution is -0.148. The zero-order chi connectivity index (χ0) is 13.5. The van der Waals surface area contributed by atoms with Crippen LogP contribution in [0.4, 0.5) is 0 Å². The molecule has 1 saturated heterocycles. The summed E-state index contributed by atoms with van der Waals surface area (Å²) < 4.78 is 10.7. The Hall–Kier alpha value is -1.39. The number of morpholine rings is 1. The van der Waals surface area contributed by atoms with Crippen LogP contribution in [0.3, 0.4) is 0 Å². The van der Waals surface area contributed by atoms with Gasteiger partial charge in [0.2, 0.25) is 0 Å². The lowest BCUT2D eigenvalue weighted by Gasteiger charge is -2.28. The first-order valence-electron chi connectivity index (χ1n) is 6.77. The van der Waals surface area contributed by atoms with E-state index >= 15 is 0 Å². The van der Waals surface area contributed by atoms with Crippen molar-refractivity contribution >= 4 is 5.97 Å². The van der Waals surface area contributed by atoms with Crippen LogP contribution in [0, 0.1) is 0 Å². The zero-order valence-corrected chi connectivity index (χ0v) is 11.4. The minimum absolute atomic E-state index is 0.0747. The van der Waals surface area contributed by atoms with E-state index in [4.69, 9.17) is 9.47 Å². The van der Waals surface area contributed by atoms with Crippen LogP contribution in [0.25, 0.3) is 0 Å². The van der Waals surface area contributed by atoms with E-state index in [0.29, 0.717) is 6.42 Å². The Morgan fingerprint density at radius 1 is 1.32 bits per heavy atom. The predicted octanol–water partition coefficient (Wildman–Crippen LogP) is 1.49. The predicted molar refractivity (Wildman–Crippen MR) is 73.0 cm³/mol. The molecule has 4 nitrogen and oxygen atoms in total. The van der Waals surface area contributed by atoms with Crippen LogP contribution in [0.2, 0.25) is 0 Å². The molecular formula is C15H21NO3. The largest absolute Gasteiger partial charge is 0.461 e. The van der Waals surface area contributed by atoms with Gasteiger partial charge in [0.1, 0.15) is 6.10 Å². The molecule has 1 heterocycles. The molecule has 1 aromatic rings. The quantitative estimate of drug-likeness (QED) is 0.755. The van der Waals surface area contributed by atoms with Gasteiger partial charge in [-0.05, 0) is 12.5 Å². The van der Waals surface area contributed by atoms with Gasteiger partial charge in [-0.25, -0.2) is 0 Å². The van der Waals surface area contributed by atoms with Crippen molar-refractivity contribution in [3.05, 3.63) is 35.9 Å². The van der Waals surface area contributed by atoms with Crippen molar-refractivity contribution in [2.24, 2.45) is 0 Å². The van der Waals surface area contributed by atoms with Crippen molar-refractivity contribution in [3.63, 3.8) is 0 Å². The SMILES string of the molecule is C[C@@H](CN1CCOCC1)OC(=O)Cc1ccccc1. The Labute approximate surface area is 114 Å². The minimum Gasteiger partial charge on any atom is -0.461 e. The molecule has 104 valence electrons. The highest BCUT2D eigenvalue weighted by atomic mass is 16.5. The van der Waals surface area contributed by atoms with Gasteiger partial charge in [0, 0.05) is 19.6 Å². The van der Waals surface area contributed by atoms with E-state index in [-0.39, 0.29) is 12.1 Å². The number of carbonyl (C=O) groups excluding carboxylic acids is 1.